The van der Waals surface area contributed by atoms with E-state index >= 15 is 0 Å². The predicted octanol–water partition coefficient (Wildman–Crippen LogP) is 11.0. The molecular formula is C46H39BN2O2. The smallest absolute Gasteiger partial charge is 0.399 e. The van der Waals surface area contributed by atoms with Gasteiger partial charge in [-0.25, -0.2) is 9.97 Å². The monoisotopic (exact) mass is 662 g/mol. The molecular weight excluding hydrogens is 623 g/mol. The van der Waals surface area contributed by atoms with Crippen LogP contribution in [0.15, 0.2) is 127 Å². The van der Waals surface area contributed by atoms with Crippen molar-refractivity contribution in [2.24, 2.45) is 0 Å². The molecule has 51 heavy (non-hydrogen) atoms. The van der Waals surface area contributed by atoms with E-state index in [2.05, 4.69) is 169 Å². The topological polar surface area (TPSA) is 44.2 Å². The Kier molecular flexibility index (Phi) is 7.19. The Morgan fingerprint density at radius 1 is 0.451 bits per heavy atom. The van der Waals surface area contributed by atoms with Crippen LogP contribution < -0.4 is 5.46 Å². The number of para-hydroxylation sites is 1. The highest BCUT2D eigenvalue weighted by Crippen LogP contribution is 2.46. The largest absolute Gasteiger partial charge is 0.494 e. The lowest BCUT2D eigenvalue weighted by Crippen LogP contribution is -2.41. The first-order valence-corrected chi connectivity index (χ1v) is 17.8. The Hall–Kier alpha value is -5.36. The molecule has 0 spiro atoms. The second-order valence-corrected chi connectivity index (χ2v) is 14.9. The summed E-state index contributed by atoms with van der Waals surface area (Å²) in [4.78, 5) is 10.8. The fourth-order valence-electron chi connectivity index (χ4n) is 7.87. The van der Waals surface area contributed by atoms with E-state index in [0.717, 1.165) is 60.9 Å². The highest BCUT2D eigenvalue weighted by atomic mass is 16.7. The van der Waals surface area contributed by atoms with E-state index in [9.17, 15) is 0 Å². The number of hydrogen-bond donors (Lipinski definition) is 0. The van der Waals surface area contributed by atoms with E-state index in [1.165, 1.54) is 32.7 Å². The summed E-state index contributed by atoms with van der Waals surface area (Å²) >= 11 is 0. The first-order valence-electron chi connectivity index (χ1n) is 17.8. The summed E-state index contributed by atoms with van der Waals surface area (Å²) in [6.07, 6.45) is 0. The normalized spacial score (nSPS) is 15.4. The Morgan fingerprint density at radius 3 is 1.55 bits per heavy atom. The molecule has 6 aromatic carbocycles. The minimum atomic E-state index is -0.426. The molecule has 0 unspecified atom stereocenters. The third-order valence-corrected chi connectivity index (χ3v) is 11.2. The van der Waals surface area contributed by atoms with Crippen molar-refractivity contribution in [1.82, 2.24) is 9.97 Å². The minimum Gasteiger partial charge on any atom is -0.399 e. The van der Waals surface area contributed by atoms with Gasteiger partial charge in [0.2, 0.25) is 0 Å². The van der Waals surface area contributed by atoms with Crippen LogP contribution in [0.4, 0.5) is 0 Å². The summed E-state index contributed by atoms with van der Waals surface area (Å²) in [5, 5.41) is 7.12. The zero-order valence-electron chi connectivity index (χ0n) is 29.9. The van der Waals surface area contributed by atoms with Crippen LogP contribution in [0.5, 0.6) is 0 Å². The molecule has 1 aliphatic heterocycles. The molecule has 1 aliphatic rings. The first-order chi connectivity index (χ1) is 24.6. The van der Waals surface area contributed by atoms with Gasteiger partial charge in [-0.1, -0.05) is 115 Å². The second-order valence-electron chi connectivity index (χ2n) is 14.9. The van der Waals surface area contributed by atoms with Crippen LogP contribution in [0.25, 0.3) is 77.0 Å². The Morgan fingerprint density at radius 2 is 0.941 bits per heavy atom. The first kappa shape index (κ1) is 31.6. The van der Waals surface area contributed by atoms with Gasteiger partial charge in [-0.15, -0.1) is 0 Å². The summed E-state index contributed by atoms with van der Waals surface area (Å²) in [5.41, 5.74) is 11.0. The third-order valence-electron chi connectivity index (χ3n) is 11.2. The maximum Gasteiger partial charge on any atom is 0.494 e. The Balaban J connectivity index is 1.33. The number of nitrogens with zero attached hydrogens (tertiary/aromatic N) is 2. The molecule has 0 bridgehead atoms. The van der Waals surface area contributed by atoms with Crippen LogP contribution in [-0.4, -0.2) is 28.3 Å². The molecule has 0 N–H and O–H groups in total. The van der Waals surface area contributed by atoms with Gasteiger partial charge in [0.15, 0.2) is 0 Å². The van der Waals surface area contributed by atoms with Crippen molar-refractivity contribution in [3.63, 3.8) is 0 Å². The van der Waals surface area contributed by atoms with Crippen molar-refractivity contribution in [2.45, 2.75) is 52.7 Å². The average Bonchev–Trinajstić information content (AvgIpc) is 3.38. The molecule has 0 amide bonds. The molecule has 4 nitrogen and oxygen atoms in total. The van der Waals surface area contributed by atoms with Gasteiger partial charge in [0, 0.05) is 32.7 Å². The van der Waals surface area contributed by atoms with E-state index < -0.39 is 18.3 Å². The molecule has 5 heteroatoms. The fraction of sp³-hybridized carbons (Fsp3) is 0.174. The Bertz CT molecular complexity index is 2650. The van der Waals surface area contributed by atoms with Crippen molar-refractivity contribution < 1.29 is 9.31 Å². The van der Waals surface area contributed by atoms with E-state index in [4.69, 9.17) is 19.3 Å². The average molecular weight is 663 g/mol. The highest BCUT2D eigenvalue weighted by molar-refractivity contribution is 6.62. The third kappa shape index (κ3) is 4.98. The molecule has 0 saturated carbocycles. The standard InChI is InChI=1S/C46H39BN2O2/c1-28-39-35-22-13-14-23-37(35)48-43(30-16-9-7-10-17-30)41(39)29(2)40-36-25-24-33(27-38(36)49-44(42(28)40)31-18-11-8-12-19-31)32-20-15-21-34(26-32)47-50-45(3,4)46(5,6)51-47/h7-27H,1-6H3. The minimum absolute atomic E-state index is 0.405. The lowest BCUT2D eigenvalue weighted by atomic mass is 9.78. The maximum atomic E-state index is 6.41. The van der Waals surface area contributed by atoms with E-state index in [-0.39, 0.29) is 0 Å². The second kappa shape index (κ2) is 11.6. The van der Waals surface area contributed by atoms with E-state index in [0.29, 0.717) is 0 Å². The van der Waals surface area contributed by atoms with Crippen molar-refractivity contribution >= 4 is 55.9 Å². The molecule has 248 valence electrons. The number of hydrogen-bond acceptors (Lipinski definition) is 4. The molecule has 1 saturated heterocycles. The van der Waals surface area contributed by atoms with E-state index in [1.807, 2.05) is 0 Å². The zero-order chi connectivity index (χ0) is 35.1. The van der Waals surface area contributed by atoms with E-state index in [1.54, 1.807) is 0 Å². The van der Waals surface area contributed by atoms with Gasteiger partial charge in [0.25, 0.3) is 0 Å². The SMILES string of the molecule is Cc1c2c(-c3ccccc3)nc3cc(-c4cccc(B5OC(C)(C)C(C)(C)O5)c4)ccc3c2c(C)c2c(-c3ccccc3)nc3ccccc3c12. The summed E-state index contributed by atoms with van der Waals surface area (Å²) in [6.45, 7) is 12.9. The Labute approximate surface area is 299 Å². The van der Waals surface area contributed by atoms with Gasteiger partial charge in [0.05, 0.1) is 33.6 Å². The quantitative estimate of drug-likeness (QED) is 0.107. The predicted molar refractivity (Wildman–Crippen MR) is 214 cm³/mol. The lowest BCUT2D eigenvalue weighted by molar-refractivity contribution is 0.00578. The van der Waals surface area contributed by atoms with Gasteiger partial charge in [-0.3, -0.25) is 0 Å². The van der Waals surface area contributed by atoms with Gasteiger partial charge >= 0.3 is 7.12 Å². The van der Waals surface area contributed by atoms with Gasteiger partial charge in [-0.05, 0) is 92.2 Å². The molecule has 8 aromatic rings. The molecule has 2 aromatic heterocycles. The zero-order valence-corrected chi connectivity index (χ0v) is 29.9. The molecule has 9 rings (SSSR count). The van der Waals surface area contributed by atoms with Crippen LogP contribution in [0.2, 0.25) is 0 Å². The number of rotatable bonds is 4. The number of aromatic nitrogens is 2. The van der Waals surface area contributed by atoms with Crippen molar-refractivity contribution in [2.75, 3.05) is 0 Å². The molecule has 1 fully saturated rings. The molecule has 0 aliphatic carbocycles. The summed E-state index contributed by atoms with van der Waals surface area (Å²) in [7, 11) is -0.426. The summed E-state index contributed by atoms with van der Waals surface area (Å²) in [5.74, 6) is 0. The number of benzene rings is 6. The van der Waals surface area contributed by atoms with Gasteiger partial charge in [-0.2, -0.15) is 0 Å². The van der Waals surface area contributed by atoms with Crippen LogP contribution in [0, 0.1) is 13.8 Å². The summed E-state index contributed by atoms with van der Waals surface area (Å²) < 4.78 is 12.8. The van der Waals surface area contributed by atoms with Crippen LogP contribution in [-0.2, 0) is 9.31 Å². The van der Waals surface area contributed by atoms with Crippen molar-refractivity contribution in [3.05, 3.63) is 139 Å². The van der Waals surface area contributed by atoms with Crippen molar-refractivity contribution in [1.29, 1.82) is 0 Å². The molecule has 0 radical (unpaired) electrons. The highest BCUT2D eigenvalue weighted by Gasteiger charge is 2.51. The fourth-order valence-corrected chi connectivity index (χ4v) is 7.87. The molecule has 0 atom stereocenters. The molecule has 3 heterocycles. The number of aryl methyl sites for hydroxylation is 2. The van der Waals surface area contributed by atoms with Crippen LogP contribution in [0.3, 0.4) is 0 Å². The number of pyridine rings is 2. The number of fused-ring (bicyclic) bond motifs is 6. The van der Waals surface area contributed by atoms with Gasteiger partial charge < -0.3 is 9.31 Å². The van der Waals surface area contributed by atoms with Crippen LogP contribution >= 0.6 is 0 Å². The van der Waals surface area contributed by atoms with Crippen LogP contribution in [0.1, 0.15) is 38.8 Å². The van der Waals surface area contributed by atoms with Crippen molar-refractivity contribution in [3.8, 4) is 33.6 Å². The summed E-state index contributed by atoms with van der Waals surface area (Å²) in [6, 6.07) is 45.0. The lowest BCUT2D eigenvalue weighted by Gasteiger charge is -2.32. The van der Waals surface area contributed by atoms with Gasteiger partial charge in [0.1, 0.15) is 0 Å². The maximum absolute atomic E-state index is 6.41.